The number of rotatable bonds is 11. The predicted octanol–water partition coefficient (Wildman–Crippen LogP) is 4.14. The van der Waals surface area contributed by atoms with E-state index in [0.717, 1.165) is 46.5 Å². The first-order valence-electron chi connectivity index (χ1n) is 9.26. The van der Waals surface area contributed by atoms with Gasteiger partial charge in [-0.15, -0.1) is 17.5 Å². The number of ether oxygens (including phenoxy) is 2. The number of methoxy groups -OCH3 is 1. The fourth-order valence-corrected chi connectivity index (χ4v) is 3.60. The molecule has 0 amide bonds. The smallest absolute Gasteiger partial charge is 0.209 e. The molecule has 0 aliphatic rings. The second-order valence-corrected chi connectivity index (χ2v) is 7.83. The van der Waals surface area contributed by atoms with E-state index in [1.807, 2.05) is 49.5 Å². The molecule has 0 saturated carbocycles. The number of para-hydroxylation sites is 1. The Balaban J connectivity index is 0.00000320. The summed E-state index contributed by atoms with van der Waals surface area (Å²) in [5, 5.41) is 16.4. The van der Waals surface area contributed by atoms with Gasteiger partial charge in [0.1, 0.15) is 6.61 Å². The number of thioether (sulfide) groups is 1. The van der Waals surface area contributed by atoms with E-state index in [1.165, 1.54) is 0 Å². The van der Waals surface area contributed by atoms with Crippen LogP contribution in [0.15, 0.2) is 47.6 Å². The molecule has 3 aromatic rings. The predicted molar refractivity (Wildman–Crippen MR) is 122 cm³/mol. The second-order valence-electron chi connectivity index (χ2n) is 6.33. The first-order chi connectivity index (χ1) is 14.2. The maximum atomic E-state index is 6.09. The van der Waals surface area contributed by atoms with E-state index in [1.54, 1.807) is 23.6 Å². The minimum absolute atomic E-state index is 0. The molecule has 1 heterocycles. The summed E-state index contributed by atoms with van der Waals surface area (Å²) in [7, 11) is 3.50. The van der Waals surface area contributed by atoms with Crippen LogP contribution in [0.1, 0.15) is 17.5 Å². The molecule has 30 heavy (non-hydrogen) atoms. The molecule has 162 valence electrons. The quantitative estimate of drug-likeness (QED) is 0.334. The van der Waals surface area contributed by atoms with Crippen LogP contribution in [0.2, 0.25) is 5.02 Å². The topological polar surface area (TPSA) is 74.1 Å². The average molecular weight is 470 g/mol. The fraction of sp³-hybridized carbons (Fsp3) is 0.350. The summed E-state index contributed by atoms with van der Waals surface area (Å²) in [5.41, 5.74) is 2.11. The van der Waals surface area contributed by atoms with Gasteiger partial charge in [-0.25, -0.2) is 4.68 Å². The van der Waals surface area contributed by atoms with E-state index < -0.39 is 0 Å². The Kier molecular flexibility index (Phi) is 10.2. The number of halogens is 2. The van der Waals surface area contributed by atoms with E-state index in [2.05, 4.69) is 20.8 Å². The molecule has 0 fully saturated rings. The zero-order valence-electron chi connectivity index (χ0n) is 16.9. The highest BCUT2D eigenvalue weighted by atomic mass is 35.5. The molecular formula is C20H25Cl2N5O2S. The Bertz CT molecular complexity index is 908. The number of benzene rings is 2. The second kappa shape index (κ2) is 12.6. The van der Waals surface area contributed by atoms with Crippen molar-refractivity contribution in [1.82, 2.24) is 25.5 Å². The summed E-state index contributed by atoms with van der Waals surface area (Å²) in [6, 6.07) is 13.6. The summed E-state index contributed by atoms with van der Waals surface area (Å²) in [5.74, 6) is 2.43. The van der Waals surface area contributed by atoms with Gasteiger partial charge in [-0.1, -0.05) is 47.6 Å². The molecule has 3 rings (SSSR count). The Labute approximate surface area is 191 Å². The van der Waals surface area contributed by atoms with Crippen molar-refractivity contribution >= 4 is 35.8 Å². The lowest BCUT2D eigenvalue weighted by atomic mass is 10.1. The molecule has 7 nitrogen and oxygen atoms in total. The maximum Gasteiger partial charge on any atom is 0.209 e. The number of hydrogen-bond donors (Lipinski definition) is 1. The van der Waals surface area contributed by atoms with Gasteiger partial charge in [0.15, 0.2) is 11.5 Å². The van der Waals surface area contributed by atoms with Crippen molar-refractivity contribution < 1.29 is 9.47 Å². The summed E-state index contributed by atoms with van der Waals surface area (Å²) in [4.78, 5) is 0. The fourth-order valence-electron chi connectivity index (χ4n) is 2.69. The van der Waals surface area contributed by atoms with Crippen LogP contribution >= 0.6 is 35.8 Å². The SMILES string of the molecule is COc1cccc(CNCCCSc2nnnn2C)c1OCc1ccc(Cl)cc1.Cl. The van der Waals surface area contributed by atoms with Gasteiger partial charge in [-0.3, -0.25) is 0 Å². The maximum absolute atomic E-state index is 6.09. The highest BCUT2D eigenvalue weighted by molar-refractivity contribution is 7.99. The summed E-state index contributed by atoms with van der Waals surface area (Å²) >= 11 is 7.60. The van der Waals surface area contributed by atoms with E-state index in [9.17, 15) is 0 Å². The van der Waals surface area contributed by atoms with E-state index >= 15 is 0 Å². The van der Waals surface area contributed by atoms with Gasteiger partial charge in [0.05, 0.1) is 7.11 Å². The van der Waals surface area contributed by atoms with Crippen LogP contribution in [0.5, 0.6) is 11.5 Å². The number of aromatic nitrogens is 4. The molecule has 2 aromatic carbocycles. The normalized spacial score (nSPS) is 10.5. The van der Waals surface area contributed by atoms with Crippen LogP contribution in [0.3, 0.4) is 0 Å². The van der Waals surface area contributed by atoms with Crippen LogP contribution in [0.25, 0.3) is 0 Å². The number of nitrogens with one attached hydrogen (secondary N) is 1. The molecule has 0 aliphatic carbocycles. The van der Waals surface area contributed by atoms with E-state index in [0.29, 0.717) is 18.2 Å². The molecule has 0 radical (unpaired) electrons. The van der Waals surface area contributed by atoms with Crippen molar-refractivity contribution in [3.8, 4) is 11.5 Å². The molecule has 0 bridgehead atoms. The van der Waals surface area contributed by atoms with Gasteiger partial charge in [0.2, 0.25) is 5.16 Å². The highest BCUT2D eigenvalue weighted by Crippen LogP contribution is 2.32. The molecule has 0 atom stereocenters. The van der Waals surface area contributed by atoms with Gasteiger partial charge in [0, 0.05) is 29.9 Å². The zero-order valence-corrected chi connectivity index (χ0v) is 19.3. The van der Waals surface area contributed by atoms with Gasteiger partial charge < -0.3 is 14.8 Å². The van der Waals surface area contributed by atoms with Gasteiger partial charge in [-0.05, 0) is 47.2 Å². The van der Waals surface area contributed by atoms with Gasteiger partial charge in [-0.2, -0.15) is 0 Å². The summed E-state index contributed by atoms with van der Waals surface area (Å²) < 4.78 is 13.3. The third kappa shape index (κ3) is 7.05. The first-order valence-corrected chi connectivity index (χ1v) is 10.6. The van der Waals surface area contributed by atoms with E-state index in [4.69, 9.17) is 21.1 Å². The summed E-state index contributed by atoms with van der Waals surface area (Å²) in [6.45, 7) is 2.03. The lowest BCUT2D eigenvalue weighted by molar-refractivity contribution is 0.280. The Morgan fingerprint density at radius 3 is 2.67 bits per heavy atom. The molecule has 0 saturated heterocycles. The van der Waals surface area contributed by atoms with Gasteiger partial charge in [0.25, 0.3) is 0 Å². The number of tetrazole rings is 1. The molecule has 1 aromatic heterocycles. The van der Waals surface area contributed by atoms with Crippen LogP contribution < -0.4 is 14.8 Å². The van der Waals surface area contributed by atoms with Gasteiger partial charge >= 0.3 is 0 Å². The third-order valence-electron chi connectivity index (χ3n) is 4.20. The summed E-state index contributed by atoms with van der Waals surface area (Å²) in [6.07, 6.45) is 1.00. The molecule has 0 unspecified atom stereocenters. The van der Waals surface area contributed by atoms with Crippen LogP contribution in [0.4, 0.5) is 0 Å². The minimum atomic E-state index is 0. The van der Waals surface area contributed by atoms with Crippen molar-refractivity contribution in [3.63, 3.8) is 0 Å². The molecule has 10 heteroatoms. The van der Waals surface area contributed by atoms with Crippen molar-refractivity contribution in [2.45, 2.75) is 24.7 Å². The average Bonchev–Trinajstić information content (AvgIpc) is 3.15. The number of nitrogens with zero attached hydrogens (tertiary/aromatic N) is 4. The molecule has 0 spiro atoms. The molecule has 1 N–H and O–H groups in total. The largest absolute Gasteiger partial charge is 0.493 e. The number of hydrogen-bond acceptors (Lipinski definition) is 7. The standard InChI is InChI=1S/C20H24ClN5O2S.ClH/c1-26-20(23-24-25-26)29-12-4-11-22-13-16-5-3-6-18(27-2)19(16)28-14-15-7-9-17(21)10-8-15;/h3,5-10,22H,4,11-14H2,1-2H3;1H. The monoisotopic (exact) mass is 469 g/mol. The van der Waals surface area contributed by atoms with Crippen molar-refractivity contribution in [2.75, 3.05) is 19.4 Å². The zero-order chi connectivity index (χ0) is 20.5. The first kappa shape index (κ1) is 24.3. The Morgan fingerprint density at radius 1 is 1.17 bits per heavy atom. The lowest BCUT2D eigenvalue weighted by Crippen LogP contribution is -2.16. The third-order valence-corrected chi connectivity index (χ3v) is 5.55. The van der Waals surface area contributed by atoms with Crippen LogP contribution in [-0.4, -0.2) is 39.6 Å². The Hall–Kier alpha value is -2.00. The van der Waals surface area contributed by atoms with Crippen LogP contribution in [0, 0.1) is 0 Å². The Morgan fingerprint density at radius 2 is 1.97 bits per heavy atom. The molecular weight excluding hydrogens is 445 g/mol. The van der Waals surface area contributed by atoms with E-state index in [-0.39, 0.29) is 12.4 Å². The minimum Gasteiger partial charge on any atom is -0.493 e. The van der Waals surface area contributed by atoms with Crippen molar-refractivity contribution in [1.29, 1.82) is 0 Å². The van der Waals surface area contributed by atoms with Crippen molar-refractivity contribution in [3.05, 3.63) is 58.6 Å². The highest BCUT2D eigenvalue weighted by Gasteiger charge is 2.11. The molecule has 0 aliphatic heterocycles. The van der Waals surface area contributed by atoms with Crippen LogP contribution in [-0.2, 0) is 20.2 Å². The number of aryl methyl sites for hydroxylation is 1. The van der Waals surface area contributed by atoms with Crippen molar-refractivity contribution in [2.24, 2.45) is 7.05 Å². The lowest BCUT2D eigenvalue weighted by Gasteiger charge is -2.16.